The molecule has 0 aliphatic carbocycles. The first-order valence-corrected chi connectivity index (χ1v) is 9.69. The monoisotopic (exact) mass is 416 g/mol. The van der Waals surface area contributed by atoms with Crippen molar-refractivity contribution in [3.05, 3.63) is 91.5 Å². The maximum Gasteiger partial charge on any atom is 0.355 e. The van der Waals surface area contributed by atoms with Gasteiger partial charge < -0.3 is 5.32 Å². The highest BCUT2D eigenvalue weighted by Crippen LogP contribution is 2.15. The smallest absolute Gasteiger partial charge is 0.355 e. The molecular weight excluding hydrogens is 395 g/mol. The molecule has 6 nitrogen and oxygen atoms in total. The molecule has 2 aromatic carbocycles. The zero-order valence-electron chi connectivity index (χ0n) is 16.2. The van der Waals surface area contributed by atoms with Gasteiger partial charge in [0.15, 0.2) is 0 Å². The molecule has 0 saturated heterocycles. The minimum atomic E-state index is -0.611. The van der Waals surface area contributed by atoms with Gasteiger partial charge in [-0.1, -0.05) is 41.9 Å². The molecule has 0 radical (unpaired) electrons. The normalized spacial score (nSPS) is 11.1. The van der Waals surface area contributed by atoms with Gasteiger partial charge in [-0.2, -0.15) is 4.98 Å². The Kier molecular flexibility index (Phi) is 6.49. The number of hydrogen-bond donors (Lipinski definition) is 1. The van der Waals surface area contributed by atoms with Gasteiger partial charge >= 0.3 is 11.4 Å². The van der Waals surface area contributed by atoms with Crippen molar-refractivity contribution in [3.63, 3.8) is 0 Å². The van der Waals surface area contributed by atoms with Crippen LogP contribution in [0.4, 0.5) is 10.3 Å². The van der Waals surface area contributed by atoms with Gasteiger partial charge in [0.05, 0.1) is 6.54 Å². The van der Waals surface area contributed by atoms with E-state index in [0.29, 0.717) is 18.0 Å². The minimum Gasteiger partial charge on any atom is -0.355 e. The zero-order valence-corrected chi connectivity index (χ0v) is 17.0. The van der Waals surface area contributed by atoms with Crippen molar-refractivity contribution < 1.29 is 4.39 Å². The Morgan fingerprint density at radius 1 is 1.10 bits per heavy atom. The van der Waals surface area contributed by atoms with Crippen LogP contribution in [0.2, 0.25) is 5.02 Å². The Morgan fingerprint density at radius 3 is 2.45 bits per heavy atom. The molecule has 0 saturated carbocycles. The van der Waals surface area contributed by atoms with Crippen LogP contribution in [0.1, 0.15) is 31.0 Å². The summed E-state index contributed by atoms with van der Waals surface area (Å²) in [5, 5.41) is 3.73. The summed E-state index contributed by atoms with van der Waals surface area (Å²) >= 11 is 6.18. The molecule has 0 aliphatic rings. The van der Waals surface area contributed by atoms with Crippen LogP contribution in [0.15, 0.2) is 58.1 Å². The average Bonchev–Trinajstić information content (AvgIpc) is 2.67. The highest BCUT2D eigenvalue weighted by molar-refractivity contribution is 6.31. The van der Waals surface area contributed by atoms with Gasteiger partial charge in [-0.3, -0.25) is 4.57 Å². The fourth-order valence-corrected chi connectivity index (χ4v) is 3.24. The van der Waals surface area contributed by atoms with Crippen LogP contribution in [-0.2, 0) is 13.0 Å². The second kappa shape index (κ2) is 9.05. The van der Waals surface area contributed by atoms with Crippen molar-refractivity contribution in [1.29, 1.82) is 0 Å². The zero-order chi connectivity index (χ0) is 21.0. The highest BCUT2D eigenvalue weighted by Gasteiger charge is 2.15. The lowest BCUT2D eigenvalue weighted by Gasteiger charge is -2.17. The first kappa shape index (κ1) is 20.8. The van der Waals surface area contributed by atoms with E-state index < -0.39 is 11.4 Å². The van der Waals surface area contributed by atoms with E-state index in [-0.39, 0.29) is 24.4 Å². The number of nitrogens with zero attached hydrogens (tertiary/aromatic N) is 3. The summed E-state index contributed by atoms with van der Waals surface area (Å²) in [6, 6.07) is 13.0. The van der Waals surface area contributed by atoms with E-state index in [9.17, 15) is 14.0 Å². The summed E-state index contributed by atoms with van der Waals surface area (Å²) < 4.78 is 15.7. The molecule has 0 amide bonds. The Balaban J connectivity index is 1.92. The molecule has 152 valence electrons. The molecule has 0 atom stereocenters. The number of halogens is 2. The van der Waals surface area contributed by atoms with Crippen LogP contribution in [-0.4, -0.2) is 20.7 Å². The Morgan fingerprint density at radius 2 is 1.79 bits per heavy atom. The van der Waals surface area contributed by atoms with Crippen LogP contribution in [0, 0.1) is 5.82 Å². The average molecular weight is 417 g/mol. The van der Waals surface area contributed by atoms with Crippen LogP contribution >= 0.6 is 11.6 Å². The second-order valence-corrected chi connectivity index (χ2v) is 7.35. The van der Waals surface area contributed by atoms with E-state index in [1.807, 2.05) is 24.3 Å². The molecule has 29 heavy (non-hydrogen) atoms. The quantitative estimate of drug-likeness (QED) is 0.640. The van der Waals surface area contributed by atoms with E-state index in [1.165, 1.54) is 16.7 Å². The Hall–Kier alpha value is -2.93. The first-order valence-electron chi connectivity index (χ1n) is 9.32. The van der Waals surface area contributed by atoms with Gasteiger partial charge in [0, 0.05) is 17.6 Å². The molecule has 0 spiro atoms. The van der Waals surface area contributed by atoms with Crippen molar-refractivity contribution in [1.82, 2.24) is 14.1 Å². The summed E-state index contributed by atoms with van der Waals surface area (Å²) in [6.07, 6.45) is 0.597. The predicted octanol–water partition coefficient (Wildman–Crippen LogP) is 3.48. The lowest BCUT2D eigenvalue weighted by molar-refractivity contribution is 0.496. The second-order valence-electron chi connectivity index (χ2n) is 6.95. The van der Waals surface area contributed by atoms with Gasteiger partial charge in [0.2, 0.25) is 5.95 Å². The van der Waals surface area contributed by atoms with Crippen molar-refractivity contribution in [2.45, 2.75) is 32.9 Å². The standard InChI is InChI=1S/C21H22ClFN4O2/c1-14(2)27-20(28)25-19(24-12-11-16-5-3-4-6-18(16)22)26(21(27)29)13-15-7-9-17(23)10-8-15/h3-10,14H,11-13H2,1-2H3,(H,24,25,28). The topological polar surface area (TPSA) is 68.9 Å². The van der Waals surface area contributed by atoms with Gasteiger partial charge in [-0.15, -0.1) is 0 Å². The molecule has 8 heteroatoms. The number of benzene rings is 2. The maximum absolute atomic E-state index is 13.2. The number of rotatable bonds is 7. The molecule has 0 fully saturated rings. The third-order valence-electron chi connectivity index (χ3n) is 4.51. The Labute approximate surface area is 172 Å². The van der Waals surface area contributed by atoms with E-state index in [4.69, 9.17) is 11.6 Å². The van der Waals surface area contributed by atoms with Gasteiger partial charge in [0.1, 0.15) is 5.82 Å². The van der Waals surface area contributed by atoms with Crippen molar-refractivity contribution in [2.75, 3.05) is 11.9 Å². The Bertz CT molecular complexity index is 1110. The highest BCUT2D eigenvalue weighted by atomic mass is 35.5. The largest absolute Gasteiger partial charge is 0.355 e. The van der Waals surface area contributed by atoms with Gasteiger partial charge in [-0.25, -0.2) is 18.5 Å². The summed E-state index contributed by atoms with van der Waals surface area (Å²) in [4.78, 5) is 29.4. The molecule has 1 heterocycles. The van der Waals surface area contributed by atoms with Crippen molar-refractivity contribution in [3.8, 4) is 0 Å². The molecule has 1 aromatic heterocycles. The van der Waals surface area contributed by atoms with Gasteiger partial charge in [0.25, 0.3) is 0 Å². The third-order valence-corrected chi connectivity index (χ3v) is 4.87. The number of hydrogen-bond acceptors (Lipinski definition) is 4. The summed E-state index contributed by atoms with van der Waals surface area (Å²) in [7, 11) is 0. The SMILES string of the molecule is CC(C)n1c(=O)nc(NCCc2ccccc2Cl)n(Cc2ccc(F)cc2)c1=O. The van der Waals surface area contributed by atoms with E-state index >= 15 is 0 Å². The predicted molar refractivity (Wildman–Crippen MR) is 112 cm³/mol. The number of nitrogens with one attached hydrogen (secondary N) is 1. The lowest BCUT2D eigenvalue weighted by atomic mass is 10.1. The van der Waals surface area contributed by atoms with Crippen molar-refractivity contribution >= 4 is 17.5 Å². The number of aromatic nitrogens is 3. The molecule has 0 unspecified atom stereocenters. The lowest BCUT2D eigenvalue weighted by Crippen LogP contribution is -2.44. The van der Waals surface area contributed by atoms with E-state index in [1.54, 1.807) is 26.0 Å². The summed E-state index contributed by atoms with van der Waals surface area (Å²) in [6.45, 7) is 4.09. The molecule has 3 rings (SSSR count). The molecule has 0 bridgehead atoms. The molecule has 1 N–H and O–H groups in total. The third kappa shape index (κ3) is 4.92. The van der Waals surface area contributed by atoms with Crippen LogP contribution in [0.5, 0.6) is 0 Å². The van der Waals surface area contributed by atoms with Crippen molar-refractivity contribution in [2.24, 2.45) is 0 Å². The summed E-state index contributed by atoms with van der Waals surface area (Å²) in [5.74, 6) is -0.183. The van der Waals surface area contributed by atoms with Gasteiger partial charge in [-0.05, 0) is 49.6 Å². The summed E-state index contributed by atoms with van der Waals surface area (Å²) in [5.41, 5.74) is 0.591. The maximum atomic E-state index is 13.2. The fraction of sp³-hybridized carbons (Fsp3) is 0.286. The molecular formula is C21H22ClFN4O2. The first-order chi connectivity index (χ1) is 13.9. The number of anilines is 1. The molecule has 3 aromatic rings. The van der Waals surface area contributed by atoms with E-state index in [2.05, 4.69) is 10.3 Å². The minimum absolute atomic E-state index is 0.160. The van der Waals surface area contributed by atoms with Crippen LogP contribution in [0.25, 0.3) is 0 Å². The fourth-order valence-electron chi connectivity index (χ4n) is 3.01. The van der Waals surface area contributed by atoms with E-state index in [0.717, 1.165) is 15.7 Å². The van der Waals surface area contributed by atoms with Crippen LogP contribution in [0.3, 0.4) is 0 Å². The van der Waals surface area contributed by atoms with Crippen LogP contribution < -0.4 is 16.7 Å². The molecule has 0 aliphatic heterocycles.